The van der Waals surface area contributed by atoms with Crippen molar-refractivity contribution < 1.29 is 14.2 Å². The standard InChI is InChI=1S/C21H40N4O3.HI/c1-17(25-11-13-26-15-18(25)2)14-23-21(22-3)24-9-7-19(8-10-24)28-16-20-6-4-5-12-27-20;/h17-20H,4-16H2,1-3H3,(H,22,23);1H. The van der Waals surface area contributed by atoms with Crippen LogP contribution >= 0.6 is 24.0 Å². The highest BCUT2D eigenvalue weighted by molar-refractivity contribution is 14.0. The molecule has 3 fully saturated rings. The van der Waals surface area contributed by atoms with Crippen LogP contribution < -0.4 is 5.32 Å². The van der Waals surface area contributed by atoms with E-state index in [4.69, 9.17) is 14.2 Å². The summed E-state index contributed by atoms with van der Waals surface area (Å²) in [5.74, 6) is 1.02. The van der Waals surface area contributed by atoms with Crippen molar-refractivity contribution in [1.29, 1.82) is 0 Å². The predicted octanol–water partition coefficient (Wildman–Crippen LogP) is 2.34. The largest absolute Gasteiger partial charge is 0.379 e. The second kappa shape index (κ2) is 13.3. The zero-order valence-electron chi connectivity index (χ0n) is 18.5. The van der Waals surface area contributed by atoms with Gasteiger partial charge < -0.3 is 24.4 Å². The van der Waals surface area contributed by atoms with Crippen molar-refractivity contribution in [3.63, 3.8) is 0 Å². The molecule has 3 unspecified atom stereocenters. The minimum absolute atomic E-state index is 0. The number of halogens is 1. The fraction of sp³-hybridized carbons (Fsp3) is 0.952. The summed E-state index contributed by atoms with van der Waals surface area (Å²) in [4.78, 5) is 9.41. The van der Waals surface area contributed by atoms with Gasteiger partial charge in [0.05, 0.1) is 32.0 Å². The molecule has 0 aromatic carbocycles. The van der Waals surface area contributed by atoms with Crippen LogP contribution in [-0.2, 0) is 14.2 Å². The Kier molecular flexibility index (Phi) is 11.5. The lowest BCUT2D eigenvalue weighted by Gasteiger charge is -2.39. The molecule has 3 atom stereocenters. The third-order valence-corrected chi connectivity index (χ3v) is 6.29. The maximum Gasteiger partial charge on any atom is 0.193 e. The molecular formula is C21H41IN4O3. The maximum absolute atomic E-state index is 6.14. The Morgan fingerprint density at radius 3 is 2.62 bits per heavy atom. The Labute approximate surface area is 193 Å². The number of hydrogen-bond acceptors (Lipinski definition) is 5. The molecule has 8 heteroatoms. The molecule has 0 radical (unpaired) electrons. The monoisotopic (exact) mass is 524 g/mol. The second-order valence-corrected chi connectivity index (χ2v) is 8.45. The molecule has 170 valence electrons. The number of rotatable bonds is 6. The molecule has 0 amide bonds. The summed E-state index contributed by atoms with van der Waals surface area (Å²) in [6, 6.07) is 0.945. The van der Waals surface area contributed by atoms with Crippen LogP contribution in [-0.4, -0.2) is 99.7 Å². The molecule has 0 aromatic rings. The van der Waals surface area contributed by atoms with Gasteiger partial charge in [-0.1, -0.05) is 0 Å². The Hall–Kier alpha value is -0.160. The van der Waals surface area contributed by atoms with Crippen molar-refractivity contribution in [2.75, 3.05) is 59.7 Å². The average molecular weight is 524 g/mol. The van der Waals surface area contributed by atoms with Crippen LogP contribution in [0.25, 0.3) is 0 Å². The van der Waals surface area contributed by atoms with Gasteiger partial charge in [-0.15, -0.1) is 24.0 Å². The number of nitrogens with zero attached hydrogens (tertiary/aromatic N) is 3. The van der Waals surface area contributed by atoms with Crippen molar-refractivity contribution in [2.24, 2.45) is 4.99 Å². The van der Waals surface area contributed by atoms with Gasteiger partial charge in [0.15, 0.2) is 5.96 Å². The number of guanidine groups is 1. The number of piperidine rings is 1. The van der Waals surface area contributed by atoms with Crippen molar-refractivity contribution in [3.05, 3.63) is 0 Å². The van der Waals surface area contributed by atoms with Gasteiger partial charge >= 0.3 is 0 Å². The minimum atomic E-state index is 0. The first-order valence-electron chi connectivity index (χ1n) is 11.2. The van der Waals surface area contributed by atoms with Crippen molar-refractivity contribution >= 4 is 29.9 Å². The Morgan fingerprint density at radius 2 is 1.97 bits per heavy atom. The van der Waals surface area contributed by atoms with Gasteiger partial charge in [-0.3, -0.25) is 9.89 Å². The highest BCUT2D eigenvalue weighted by Crippen LogP contribution is 2.18. The van der Waals surface area contributed by atoms with Crippen LogP contribution in [0.1, 0.15) is 46.0 Å². The highest BCUT2D eigenvalue weighted by atomic mass is 127. The van der Waals surface area contributed by atoms with E-state index in [1.165, 1.54) is 12.8 Å². The normalized spacial score (nSPS) is 28.7. The van der Waals surface area contributed by atoms with E-state index in [0.29, 0.717) is 24.3 Å². The summed E-state index contributed by atoms with van der Waals surface area (Å²) < 4.78 is 17.5. The van der Waals surface area contributed by atoms with Gasteiger partial charge in [0.25, 0.3) is 0 Å². The fourth-order valence-corrected chi connectivity index (χ4v) is 4.50. The fourth-order valence-electron chi connectivity index (χ4n) is 4.50. The molecule has 0 bridgehead atoms. The quantitative estimate of drug-likeness (QED) is 0.327. The van der Waals surface area contributed by atoms with Crippen molar-refractivity contribution in [2.45, 2.75) is 70.2 Å². The van der Waals surface area contributed by atoms with Crippen molar-refractivity contribution in [3.8, 4) is 0 Å². The predicted molar refractivity (Wildman–Crippen MR) is 127 cm³/mol. The molecule has 3 aliphatic heterocycles. The van der Waals surface area contributed by atoms with E-state index < -0.39 is 0 Å². The van der Waals surface area contributed by atoms with E-state index in [-0.39, 0.29) is 24.0 Å². The molecule has 3 aliphatic rings. The minimum Gasteiger partial charge on any atom is -0.379 e. The third kappa shape index (κ3) is 7.79. The summed E-state index contributed by atoms with van der Waals surface area (Å²) in [6.07, 6.45) is 6.40. The summed E-state index contributed by atoms with van der Waals surface area (Å²) in [5.41, 5.74) is 0. The zero-order valence-corrected chi connectivity index (χ0v) is 20.8. The van der Waals surface area contributed by atoms with Crippen LogP contribution in [0.15, 0.2) is 4.99 Å². The SMILES string of the molecule is CN=C(NCC(C)N1CCOCC1C)N1CCC(OCC2CCCCO2)CC1.I. The lowest BCUT2D eigenvalue weighted by molar-refractivity contribution is -0.0721. The Morgan fingerprint density at radius 1 is 1.17 bits per heavy atom. The second-order valence-electron chi connectivity index (χ2n) is 8.45. The van der Waals surface area contributed by atoms with Gasteiger partial charge in [0, 0.05) is 51.9 Å². The number of ether oxygens (including phenoxy) is 3. The van der Waals surface area contributed by atoms with E-state index in [1.807, 2.05) is 7.05 Å². The average Bonchev–Trinajstić information content (AvgIpc) is 2.74. The Bertz CT molecular complexity index is 483. The summed E-state index contributed by atoms with van der Waals surface area (Å²) >= 11 is 0. The van der Waals surface area contributed by atoms with Crippen LogP contribution in [0.5, 0.6) is 0 Å². The molecule has 29 heavy (non-hydrogen) atoms. The first-order valence-corrected chi connectivity index (χ1v) is 11.2. The molecule has 3 saturated heterocycles. The molecule has 3 heterocycles. The third-order valence-electron chi connectivity index (χ3n) is 6.29. The van der Waals surface area contributed by atoms with Crippen molar-refractivity contribution in [1.82, 2.24) is 15.1 Å². The van der Waals surface area contributed by atoms with E-state index >= 15 is 0 Å². The van der Waals surface area contributed by atoms with Crippen LogP contribution in [0.2, 0.25) is 0 Å². The number of likely N-dealkylation sites (tertiary alicyclic amines) is 1. The summed E-state index contributed by atoms with van der Waals surface area (Å²) in [5, 5.41) is 3.59. The molecule has 0 saturated carbocycles. The van der Waals surface area contributed by atoms with Gasteiger partial charge in [-0.05, 0) is 46.0 Å². The topological polar surface area (TPSA) is 58.6 Å². The first kappa shape index (κ1) is 25.1. The number of aliphatic imine (C=N–C) groups is 1. The lowest BCUT2D eigenvalue weighted by atomic mass is 10.1. The molecule has 7 nitrogen and oxygen atoms in total. The maximum atomic E-state index is 6.14. The number of hydrogen-bond donors (Lipinski definition) is 1. The highest BCUT2D eigenvalue weighted by Gasteiger charge is 2.26. The van der Waals surface area contributed by atoms with E-state index in [1.54, 1.807) is 0 Å². The van der Waals surface area contributed by atoms with Gasteiger partial charge in [0.2, 0.25) is 0 Å². The summed E-state index contributed by atoms with van der Waals surface area (Å²) in [7, 11) is 1.88. The van der Waals surface area contributed by atoms with Gasteiger partial charge in [-0.2, -0.15) is 0 Å². The van der Waals surface area contributed by atoms with E-state index in [2.05, 4.69) is 34.0 Å². The molecule has 3 rings (SSSR count). The van der Waals surface area contributed by atoms with E-state index in [0.717, 1.165) is 77.8 Å². The molecular weight excluding hydrogens is 483 g/mol. The van der Waals surface area contributed by atoms with Crippen LogP contribution in [0.3, 0.4) is 0 Å². The lowest BCUT2D eigenvalue weighted by Crippen LogP contribution is -2.54. The number of nitrogens with one attached hydrogen (secondary N) is 1. The van der Waals surface area contributed by atoms with Crippen LogP contribution in [0.4, 0.5) is 0 Å². The number of morpholine rings is 1. The van der Waals surface area contributed by atoms with Gasteiger partial charge in [0.1, 0.15) is 0 Å². The van der Waals surface area contributed by atoms with Crippen LogP contribution in [0, 0.1) is 0 Å². The van der Waals surface area contributed by atoms with E-state index in [9.17, 15) is 0 Å². The smallest absolute Gasteiger partial charge is 0.193 e. The molecule has 1 N–H and O–H groups in total. The first-order chi connectivity index (χ1) is 13.7. The Balaban J connectivity index is 0.00000300. The van der Waals surface area contributed by atoms with Gasteiger partial charge in [-0.25, -0.2) is 0 Å². The summed E-state index contributed by atoms with van der Waals surface area (Å²) in [6.45, 7) is 11.8. The molecule has 0 aliphatic carbocycles. The molecule has 0 spiro atoms. The zero-order chi connectivity index (χ0) is 19.8. The molecule has 0 aromatic heterocycles.